The van der Waals surface area contributed by atoms with E-state index in [0.29, 0.717) is 0 Å². The van der Waals surface area contributed by atoms with Crippen LogP contribution in [0, 0.1) is 13.8 Å². The summed E-state index contributed by atoms with van der Waals surface area (Å²) in [5.74, 6) is 0. The molecule has 1 aliphatic rings. The van der Waals surface area contributed by atoms with Gasteiger partial charge in [0, 0.05) is 38.3 Å². The molecule has 0 amide bonds. The first-order valence-corrected chi connectivity index (χ1v) is 27.6. The highest BCUT2D eigenvalue weighted by Crippen LogP contribution is 2.49. The molecule has 1 aliphatic carbocycles. The van der Waals surface area contributed by atoms with E-state index in [1.165, 1.54) is 154 Å². The Hall–Kier alpha value is -9.76. The molecule has 0 radical (unpaired) electrons. The molecular formula is C77H56N2. The van der Waals surface area contributed by atoms with Crippen molar-refractivity contribution in [2.24, 2.45) is 0 Å². The monoisotopic (exact) mass is 1010 g/mol. The SMILES string of the molecule is Cc1ccc(-n2c3ccccc3c3cc(-c4ccc5cc(C=Cc6ccc7c(c6)C(C)(C)c6cc(C=Cc8ccc9cc(-c%10ccc%11c(c%10)c%10ccccc%10n%11-c%10ccc(C)cc%10)ccc9c8)ccc6-7)ccc5c4)ccc32)cc1. The lowest BCUT2D eigenvalue weighted by molar-refractivity contribution is 0.660. The maximum atomic E-state index is 2.40. The van der Waals surface area contributed by atoms with Crippen LogP contribution >= 0.6 is 0 Å². The van der Waals surface area contributed by atoms with Crippen LogP contribution in [0.5, 0.6) is 0 Å². The molecule has 12 aromatic carbocycles. The number of para-hydroxylation sites is 2. The highest BCUT2D eigenvalue weighted by molar-refractivity contribution is 6.12. The highest BCUT2D eigenvalue weighted by Gasteiger charge is 2.35. The fourth-order valence-corrected chi connectivity index (χ4v) is 12.7. The summed E-state index contributed by atoms with van der Waals surface area (Å²) in [5.41, 5.74) is 24.7. The van der Waals surface area contributed by atoms with E-state index in [4.69, 9.17) is 0 Å². The number of hydrogen-bond donors (Lipinski definition) is 0. The predicted molar refractivity (Wildman–Crippen MR) is 339 cm³/mol. The Bertz CT molecular complexity index is 4550. The van der Waals surface area contributed by atoms with Gasteiger partial charge in [-0.1, -0.05) is 207 Å². The van der Waals surface area contributed by atoms with Gasteiger partial charge in [-0.05, 0) is 187 Å². The minimum Gasteiger partial charge on any atom is -0.309 e. The molecule has 0 spiro atoms. The summed E-state index contributed by atoms with van der Waals surface area (Å²) in [6.45, 7) is 9.03. The molecule has 0 saturated carbocycles. The Kier molecular flexibility index (Phi) is 10.7. The van der Waals surface area contributed by atoms with E-state index in [2.05, 4.69) is 304 Å². The molecular weight excluding hydrogens is 953 g/mol. The molecule has 0 fully saturated rings. The zero-order chi connectivity index (χ0) is 52.9. The molecule has 0 aliphatic heterocycles. The first-order chi connectivity index (χ1) is 38.7. The number of rotatable bonds is 8. The Labute approximate surface area is 461 Å². The quantitative estimate of drug-likeness (QED) is 0.134. The van der Waals surface area contributed by atoms with Gasteiger partial charge >= 0.3 is 0 Å². The van der Waals surface area contributed by atoms with Crippen molar-refractivity contribution in [1.29, 1.82) is 0 Å². The van der Waals surface area contributed by atoms with E-state index in [9.17, 15) is 0 Å². The van der Waals surface area contributed by atoms with E-state index in [1.807, 2.05) is 0 Å². The lowest BCUT2D eigenvalue weighted by Crippen LogP contribution is -2.15. The summed E-state index contributed by atoms with van der Waals surface area (Å²) in [4.78, 5) is 0. The number of hydrogen-bond acceptors (Lipinski definition) is 0. The first-order valence-electron chi connectivity index (χ1n) is 27.6. The molecule has 0 N–H and O–H groups in total. The summed E-state index contributed by atoms with van der Waals surface area (Å²) in [6, 6.07) is 90.3. The second kappa shape index (κ2) is 18.2. The first kappa shape index (κ1) is 46.5. The zero-order valence-corrected chi connectivity index (χ0v) is 44.8. The normalized spacial score (nSPS) is 13.1. The van der Waals surface area contributed by atoms with Crippen LogP contribution in [0.3, 0.4) is 0 Å². The molecule has 374 valence electrons. The summed E-state index contributed by atoms with van der Waals surface area (Å²) < 4.78 is 4.77. The molecule has 14 aromatic rings. The Morgan fingerprint density at radius 2 is 0.633 bits per heavy atom. The number of nitrogens with zero attached hydrogens (tertiary/aromatic N) is 2. The number of benzene rings is 12. The maximum absolute atomic E-state index is 2.40. The second-order valence-corrected chi connectivity index (χ2v) is 22.4. The van der Waals surface area contributed by atoms with Crippen molar-refractivity contribution in [1.82, 2.24) is 9.13 Å². The van der Waals surface area contributed by atoms with Gasteiger partial charge in [0.1, 0.15) is 0 Å². The maximum Gasteiger partial charge on any atom is 0.0541 e. The Balaban J connectivity index is 0.646. The van der Waals surface area contributed by atoms with Crippen molar-refractivity contribution in [3.05, 3.63) is 287 Å². The molecule has 2 aromatic heterocycles. The molecule has 0 bridgehead atoms. The van der Waals surface area contributed by atoms with Crippen LogP contribution in [0.2, 0.25) is 0 Å². The number of aryl methyl sites for hydroxylation is 2. The predicted octanol–water partition coefficient (Wildman–Crippen LogP) is 20.8. The van der Waals surface area contributed by atoms with Crippen LogP contribution in [-0.4, -0.2) is 9.13 Å². The fraction of sp³-hybridized carbons (Fsp3) is 0.0649. The van der Waals surface area contributed by atoms with E-state index in [1.54, 1.807) is 0 Å². The van der Waals surface area contributed by atoms with E-state index in [-0.39, 0.29) is 5.41 Å². The molecule has 0 saturated heterocycles. The molecule has 2 nitrogen and oxygen atoms in total. The van der Waals surface area contributed by atoms with E-state index < -0.39 is 0 Å². The topological polar surface area (TPSA) is 9.86 Å². The highest BCUT2D eigenvalue weighted by atomic mass is 15.0. The van der Waals surface area contributed by atoms with Crippen LogP contribution < -0.4 is 0 Å². The largest absolute Gasteiger partial charge is 0.309 e. The van der Waals surface area contributed by atoms with Crippen molar-refractivity contribution in [3.8, 4) is 44.8 Å². The van der Waals surface area contributed by atoms with Gasteiger partial charge in [0.2, 0.25) is 0 Å². The average molecular weight is 1010 g/mol. The van der Waals surface area contributed by atoms with Crippen LogP contribution in [0.25, 0.3) is 134 Å². The Morgan fingerprint density at radius 1 is 0.291 bits per heavy atom. The fourth-order valence-electron chi connectivity index (χ4n) is 12.7. The third-order valence-corrected chi connectivity index (χ3v) is 17.0. The van der Waals surface area contributed by atoms with E-state index >= 15 is 0 Å². The second-order valence-electron chi connectivity index (χ2n) is 22.4. The molecule has 0 atom stereocenters. The minimum absolute atomic E-state index is 0.134. The summed E-state index contributed by atoms with van der Waals surface area (Å²) >= 11 is 0. The summed E-state index contributed by atoms with van der Waals surface area (Å²) in [7, 11) is 0. The van der Waals surface area contributed by atoms with Gasteiger partial charge < -0.3 is 9.13 Å². The van der Waals surface area contributed by atoms with Crippen LogP contribution in [0.15, 0.2) is 243 Å². The van der Waals surface area contributed by atoms with Crippen molar-refractivity contribution in [2.45, 2.75) is 33.1 Å². The van der Waals surface area contributed by atoms with Crippen LogP contribution in [-0.2, 0) is 5.41 Å². The van der Waals surface area contributed by atoms with Gasteiger partial charge in [0.05, 0.1) is 22.1 Å². The third-order valence-electron chi connectivity index (χ3n) is 17.0. The third kappa shape index (κ3) is 7.94. The van der Waals surface area contributed by atoms with Gasteiger partial charge in [0.15, 0.2) is 0 Å². The van der Waals surface area contributed by atoms with Crippen molar-refractivity contribution < 1.29 is 0 Å². The average Bonchev–Trinajstić information content (AvgIpc) is 4.32. The number of fused-ring (bicyclic) bond motifs is 11. The van der Waals surface area contributed by atoms with Gasteiger partial charge in [-0.25, -0.2) is 0 Å². The van der Waals surface area contributed by atoms with Crippen molar-refractivity contribution in [3.63, 3.8) is 0 Å². The van der Waals surface area contributed by atoms with Gasteiger partial charge in [-0.2, -0.15) is 0 Å². The van der Waals surface area contributed by atoms with Crippen molar-refractivity contribution >= 4 is 89.5 Å². The van der Waals surface area contributed by atoms with Crippen LogP contribution in [0.4, 0.5) is 0 Å². The minimum atomic E-state index is -0.134. The van der Waals surface area contributed by atoms with Crippen molar-refractivity contribution in [2.75, 3.05) is 0 Å². The molecule has 79 heavy (non-hydrogen) atoms. The van der Waals surface area contributed by atoms with E-state index in [0.717, 1.165) is 0 Å². The van der Waals surface area contributed by atoms with Gasteiger partial charge in [0.25, 0.3) is 0 Å². The molecule has 2 heteroatoms. The van der Waals surface area contributed by atoms with Crippen LogP contribution in [0.1, 0.15) is 58.4 Å². The number of aromatic nitrogens is 2. The summed E-state index contributed by atoms with van der Waals surface area (Å²) in [5, 5.41) is 10.0. The Morgan fingerprint density at radius 3 is 1.08 bits per heavy atom. The lowest BCUT2D eigenvalue weighted by Gasteiger charge is -2.22. The van der Waals surface area contributed by atoms with Gasteiger partial charge in [-0.15, -0.1) is 0 Å². The molecule has 15 rings (SSSR count). The smallest absolute Gasteiger partial charge is 0.0541 e. The van der Waals surface area contributed by atoms with Gasteiger partial charge in [-0.3, -0.25) is 0 Å². The lowest BCUT2D eigenvalue weighted by atomic mass is 9.81. The molecule has 0 unspecified atom stereocenters. The molecule has 2 heterocycles. The standard InChI is InChI=1S/C77H56N2/c1-49-13-33-63(34-14-49)78-73-11-7-5-9-67(73)69-47-61(31-39-75(69)78)59-29-27-55-41-51(21-25-57(55)45-59)17-19-53-23-37-65-66-38-24-54(44-72(66)77(3,4)71(65)43-53)20-18-52-22-26-58-46-60(30-28-56(58)42-52)62-32-40-76-70(48-62)68-10-6-8-12-74(68)79(76)64-35-15-50(2)16-36-64/h5-48H,1-4H3. The zero-order valence-electron chi connectivity index (χ0n) is 44.8. The summed E-state index contributed by atoms with van der Waals surface area (Å²) in [6.07, 6.45) is 9.04.